The van der Waals surface area contributed by atoms with Gasteiger partial charge in [0.15, 0.2) is 6.19 Å². The van der Waals surface area contributed by atoms with Crippen LogP contribution in [0.1, 0.15) is 27.7 Å². The maximum atomic E-state index is 10.7. The first-order chi connectivity index (χ1) is 9.68. The maximum Gasteiger partial charge on any atom is 0.269 e. The van der Waals surface area contributed by atoms with Crippen LogP contribution in [0.2, 0.25) is 0 Å². The van der Waals surface area contributed by atoms with E-state index in [4.69, 9.17) is 10.7 Å². The van der Waals surface area contributed by atoms with E-state index in [1.807, 2.05) is 27.7 Å². The highest BCUT2D eigenvalue weighted by Crippen LogP contribution is 2.29. The van der Waals surface area contributed by atoms with Gasteiger partial charge >= 0.3 is 0 Å². The number of nitriles is 1. The lowest BCUT2D eigenvalue weighted by Gasteiger charge is -2.38. The lowest BCUT2D eigenvalue weighted by molar-refractivity contribution is -0.384. The minimum atomic E-state index is -0.472. The molecule has 21 heavy (non-hydrogen) atoms. The lowest BCUT2D eigenvalue weighted by atomic mass is 9.86. The Labute approximate surface area is 123 Å². The van der Waals surface area contributed by atoms with Crippen molar-refractivity contribution in [2.75, 3.05) is 4.90 Å². The highest BCUT2D eigenvalue weighted by Gasteiger charge is 2.29. The van der Waals surface area contributed by atoms with Crippen molar-refractivity contribution in [1.82, 2.24) is 5.32 Å². The number of benzene rings is 1. The fourth-order valence-corrected chi connectivity index (χ4v) is 1.78. The zero-order valence-corrected chi connectivity index (χ0v) is 12.5. The molecule has 0 heterocycles. The second-order valence-corrected chi connectivity index (χ2v) is 5.77. The van der Waals surface area contributed by atoms with E-state index in [1.165, 1.54) is 12.1 Å². The van der Waals surface area contributed by atoms with Crippen molar-refractivity contribution in [2.45, 2.75) is 33.7 Å². The number of non-ortho nitro benzene ring substituents is 1. The highest BCUT2D eigenvalue weighted by molar-refractivity contribution is 5.95. The Bertz CT molecular complexity index is 569. The van der Waals surface area contributed by atoms with E-state index in [-0.39, 0.29) is 23.1 Å². The fourth-order valence-electron chi connectivity index (χ4n) is 1.78. The molecule has 7 nitrogen and oxygen atoms in total. The molecular weight excluding hydrogens is 270 g/mol. The van der Waals surface area contributed by atoms with Crippen LogP contribution in [0.3, 0.4) is 0 Å². The van der Waals surface area contributed by atoms with Gasteiger partial charge in [0.2, 0.25) is 5.96 Å². The molecule has 1 aromatic carbocycles. The van der Waals surface area contributed by atoms with Crippen molar-refractivity contribution in [1.29, 1.82) is 10.7 Å². The summed E-state index contributed by atoms with van der Waals surface area (Å²) in [4.78, 5) is 11.9. The van der Waals surface area contributed by atoms with Crippen molar-refractivity contribution >= 4 is 17.3 Å². The van der Waals surface area contributed by atoms with Crippen molar-refractivity contribution in [3.05, 3.63) is 34.4 Å². The third kappa shape index (κ3) is 3.92. The molecule has 1 atom stereocenters. The Hall–Kier alpha value is -2.62. The molecule has 0 aromatic heterocycles. The summed E-state index contributed by atoms with van der Waals surface area (Å²) in [6.45, 7) is 8.01. The zero-order chi connectivity index (χ0) is 16.2. The molecule has 0 bridgehead atoms. The van der Waals surface area contributed by atoms with Crippen molar-refractivity contribution in [3.8, 4) is 6.19 Å². The molecule has 0 saturated carbocycles. The molecule has 0 amide bonds. The van der Waals surface area contributed by atoms with Gasteiger partial charge in [0.1, 0.15) is 0 Å². The van der Waals surface area contributed by atoms with Gasteiger partial charge in [0, 0.05) is 23.9 Å². The molecule has 1 aromatic rings. The number of anilines is 1. The summed E-state index contributed by atoms with van der Waals surface area (Å²) in [6, 6.07) is 5.84. The quantitative estimate of drug-likeness (QED) is 0.222. The Morgan fingerprint density at radius 2 is 1.95 bits per heavy atom. The minimum Gasteiger partial charge on any atom is -0.309 e. The molecule has 2 N–H and O–H groups in total. The van der Waals surface area contributed by atoms with E-state index in [1.54, 1.807) is 23.2 Å². The normalized spacial score (nSPS) is 12.1. The summed E-state index contributed by atoms with van der Waals surface area (Å²) >= 11 is 0. The molecule has 7 heteroatoms. The number of nitro groups is 1. The van der Waals surface area contributed by atoms with E-state index >= 15 is 0 Å². The predicted molar refractivity (Wildman–Crippen MR) is 81.0 cm³/mol. The largest absolute Gasteiger partial charge is 0.309 e. The third-order valence-electron chi connectivity index (χ3n) is 3.39. The summed E-state index contributed by atoms with van der Waals surface area (Å²) in [5.74, 6) is -0.0613. The number of hydrogen-bond donors (Lipinski definition) is 2. The summed E-state index contributed by atoms with van der Waals surface area (Å²) in [7, 11) is 0. The van der Waals surface area contributed by atoms with E-state index in [9.17, 15) is 10.1 Å². The molecule has 0 aliphatic carbocycles. The number of guanidine groups is 1. The van der Waals surface area contributed by atoms with Crippen LogP contribution in [0.5, 0.6) is 0 Å². The molecule has 0 fully saturated rings. The average Bonchev–Trinajstić information content (AvgIpc) is 2.38. The topological polar surface area (TPSA) is 106 Å². The maximum absolute atomic E-state index is 10.7. The smallest absolute Gasteiger partial charge is 0.269 e. The van der Waals surface area contributed by atoms with Gasteiger partial charge in [-0.15, -0.1) is 0 Å². The number of nitrogens with zero attached hydrogens (tertiary/aromatic N) is 3. The minimum absolute atomic E-state index is 0.0121. The van der Waals surface area contributed by atoms with Gasteiger partial charge < -0.3 is 4.90 Å². The highest BCUT2D eigenvalue weighted by atomic mass is 16.6. The van der Waals surface area contributed by atoms with Gasteiger partial charge in [-0.2, -0.15) is 5.26 Å². The van der Waals surface area contributed by atoms with Crippen LogP contribution in [-0.4, -0.2) is 16.9 Å². The molecule has 112 valence electrons. The van der Waals surface area contributed by atoms with Crippen LogP contribution >= 0.6 is 0 Å². The first-order valence-electron chi connectivity index (χ1n) is 6.46. The van der Waals surface area contributed by atoms with Crippen molar-refractivity contribution in [2.24, 2.45) is 5.41 Å². The lowest BCUT2D eigenvalue weighted by Crippen LogP contribution is -2.49. The monoisotopic (exact) mass is 289 g/mol. The van der Waals surface area contributed by atoms with Crippen LogP contribution in [0.4, 0.5) is 11.4 Å². The third-order valence-corrected chi connectivity index (χ3v) is 3.39. The Balaban J connectivity index is 3.21. The number of rotatable bonds is 3. The van der Waals surface area contributed by atoms with Crippen molar-refractivity contribution in [3.63, 3.8) is 0 Å². The van der Waals surface area contributed by atoms with E-state index in [0.29, 0.717) is 5.69 Å². The van der Waals surface area contributed by atoms with Crippen LogP contribution in [0, 0.1) is 32.4 Å². The summed E-state index contributed by atoms with van der Waals surface area (Å²) in [5.41, 5.74) is 0.461. The molecule has 0 spiro atoms. The van der Waals surface area contributed by atoms with Gasteiger partial charge in [-0.1, -0.05) is 20.8 Å². The number of nitro benzene ring substituents is 1. The van der Waals surface area contributed by atoms with Gasteiger partial charge in [-0.25, -0.2) is 0 Å². The standard InChI is InChI=1S/C14H19N5O2/c1-10(14(2,3)4)18(13(16)17-9-15)11-5-7-12(8-6-11)19(20)21/h5-8,10H,1-4H3,(H2,16,17). The van der Waals surface area contributed by atoms with E-state index in [2.05, 4.69) is 5.32 Å². The summed E-state index contributed by atoms with van der Waals surface area (Å²) in [5, 5.41) is 29.7. The van der Waals surface area contributed by atoms with Crippen LogP contribution in [0.25, 0.3) is 0 Å². The summed E-state index contributed by atoms with van der Waals surface area (Å²) in [6.07, 6.45) is 1.73. The molecule has 0 radical (unpaired) electrons. The Kier molecular flexibility index (Phi) is 4.87. The fraction of sp³-hybridized carbons (Fsp3) is 0.429. The Morgan fingerprint density at radius 1 is 1.43 bits per heavy atom. The van der Waals surface area contributed by atoms with Crippen LogP contribution < -0.4 is 10.2 Å². The average molecular weight is 289 g/mol. The van der Waals surface area contributed by atoms with E-state index in [0.717, 1.165) is 0 Å². The molecule has 1 unspecified atom stereocenters. The van der Waals surface area contributed by atoms with E-state index < -0.39 is 4.92 Å². The number of hydrogen-bond acceptors (Lipinski definition) is 4. The second-order valence-electron chi connectivity index (χ2n) is 5.77. The molecule has 1 rings (SSSR count). The van der Waals surface area contributed by atoms with Crippen molar-refractivity contribution < 1.29 is 4.92 Å². The first kappa shape index (κ1) is 16.4. The molecule has 0 saturated heterocycles. The molecule has 0 aliphatic rings. The van der Waals surface area contributed by atoms with Gasteiger partial charge in [-0.05, 0) is 24.5 Å². The zero-order valence-electron chi connectivity index (χ0n) is 12.5. The molecule has 0 aliphatic heterocycles. The Morgan fingerprint density at radius 3 is 2.33 bits per heavy atom. The SMILES string of the molecule is CC(N(C(=N)NC#N)c1ccc([N+](=O)[O-])cc1)C(C)(C)C. The second kappa shape index (κ2) is 6.22. The summed E-state index contributed by atoms with van der Waals surface area (Å²) < 4.78 is 0. The van der Waals surface area contributed by atoms with Gasteiger partial charge in [0.05, 0.1) is 4.92 Å². The first-order valence-corrected chi connectivity index (χ1v) is 6.46. The van der Waals surface area contributed by atoms with Gasteiger partial charge in [0.25, 0.3) is 5.69 Å². The van der Waals surface area contributed by atoms with Crippen LogP contribution in [0.15, 0.2) is 24.3 Å². The number of nitrogens with one attached hydrogen (secondary N) is 2. The van der Waals surface area contributed by atoms with Crippen LogP contribution in [-0.2, 0) is 0 Å². The molecular formula is C14H19N5O2. The predicted octanol–water partition coefficient (Wildman–Crippen LogP) is 2.84. The van der Waals surface area contributed by atoms with Gasteiger partial charge in [-0.3, -0.25) is 20.8 Å².